The standard InChI is InChI=1S/C9H22B.Na/c1-4-7-10(8-5-2)9-6-3;/h10H,4-9H2,1-3H3;/q-1;+1. The molecule has 2 heteroatoms. The molecule has 0 N–H and O–H groups in total. The van der Waals surface area contributed by atoms with E-state index in [-0.39, 0.29) is 36.3 Å². The molecular formula is C9H22BNa. The molecule has 0 bridgehead atoms. The number of hydrogen-bond acceptors (Lipinski definition) is 0. The molecule has 62 valence electrons. The van der Waals surface area contributed by atoms with E-state index in [1.807, 2.05) is 0 Å². The molecule has 0 aromatic carbocycles. The van der Waals surface area contributed by atoms with Crippen LogP contribution in [0, 0.1) is 0 Å². The van der Waals surface area contributed by atoms with Gasteiger partial charge in [-0.1, -0.05) is 40.0 Å². The average molecular weight is 164 g/mol. The Balaban J connectivity index is 0. The van der Waals surface area contributed by atoms with Gasteiger partial charge in [-0.05, 0) is 6.71 Å². The molecule has 0 rings (SSSR count). The molecule has 11 heavy (non-hydrogen) atoms. The van der Waals surface area contributed by atoms with Crippen LogP contribution >= 0.6 is 0 Å². The molecule has 0 aliphatic heterocycles. The van der Waals surface area contributed by atoms with Crippen molar-refractivity contribution in [1.82, 2.24) is 0 Å². The van der Waals surface area contributed by atoms with Gasteiger partial charge in [0.2, 0.25) is 0 Å². The minimum absolute atomic E-state index is 0. The Kier molecular flexibility index (Phi) is 14.7. The summed E-state index contributed by atoms with van der Waals surface area (Å²) in [5.41, 5.74) is 0. The molecule has 0 aromatic heterocycles. The van der Waals surface area contributed by atoms with Crippen LogP contribution in [0.1, 0.15) is 40.0 Å². The van der Waals surface area contributed by atoms with E-state index in [1.165, 1.54) is 38.2 Å². The van der Waals surface area contributed by atoms with E-state index in [1.54, 1.807) is 0 Å². The maximum absolute atomic E-state index is 2.31. The summed E-state index contributed by atoms with van der Waals surface area (Å²) in [4.78, 5) is 0. The Labute approximate surface area is 94.9 Å². The maximum atomic E-state index is 2.31. The Morgan fingerprint density at radius 3 is 1.18 bits per heavy atom. The summed E-state index contributed by atoms with van der Waals surface area (Å²) in [6, 6.07) is 0. The van der Waals surface area contributed by atoms with Crippen molar-refractivity contribution in [3.05, 3.63) is 0 Å². The summed E-state index contributed by atoms with van der Waals surface area (Å²) in [5, 5.41) is 0. The molecule has 0 saturated heterocycles. The third-order valence-corrected chi connectivity index (χ3v) is 2.56. The monoisotopic (exact) mass is 164 g/mol. The average Bonchev–Trinajstić information content (AvgIpc) is 1.90. The summed E-state index contributed by atoms with van der Waals surface area (Å²) < 4.78 is 0. The largest absolute Gasteiger partial charge is 1.00 e. The Bertz CT molecular complexity index is 52.3. The second kappa shape index (κ2) is 11.1. The molecule has 0 atom stereocenters. The van der Waals surface area contributed by atoms with Gasteiger partial charge in [0.1, 0.15) is 0 Å². The predicted octanol–water partition coefficient (Wildman–Crippen LogP) is 0.448. The third kappa shape index (κ3) is 8.98. The zero-order valence-corrected chi connectivity index (χ0v) is 10.9. The van der Waals surface area contributed by atoms with Crippen molar-refractivity contribution in [3.63, 3.8) is 0 Å². The van der Waals surface area contributed by atoms with E-state index in [0.29, 0.717) is 0 Å². The van der Waals surface area contributed by atoms with E-state index >= 15 is 0 Å². The molecule has 0 aromatic rings. The summed E-state index contributed by atoms with van der Waals surface area (Å²) in [5.74, 6) is 0. The smallest absolute Gasteiger partial charge is 0.181 e. The second-order valence-electron chi connectivity index (χ2n) is 3.62. The van der Waals surface area contributed by atoms with Crippen LogP contribution in [0.2, 0.25) is 19.0 Å². The summed E-state index contributed by atoms with van der Waals surface area (Å²) in [7, 11) is 0. The van der Waals surface area contributed by atoms with Gasteiger partial charge in [-0.15, -0.1) is 0 Å². The fraction of sp³-hybridized carbons (Fsp3) is 1.00. The van der Waals surface area contributed by atoms with Gasteiger partial charge in [0.15, 0.2) is 0 Å². The van der Waals surface area contributed by atoms with E-state index in [9.17, 15) is 0 Å². The van der Waals surface area contributed by atoms with Gasteiger partial charge in [-0.25, -0.2) is 0 Å². The van der Waals surface area contributed by atoms with Crippen molar-refractivity contribution in [3.8, 4) is 0 Å². The zero-order chi connectivity index (χ0) is 7.82. The Hall–Kier alpha value is 1.06. The van der Waals surface area contributed by atoms with Gasteiger partial charge < -0.3 is 0 Å². The first-order valence-corrected chi connectivity index (χ1v) is 5.12. The van der Waals surface area contributed by atoms with Gasteiger partial charge in [-0.3, -0.25) is 0 Å². The van der Waals surface area contributed by atoms with E-state index in [4.69, 9.17) is 0 Å². The van der Waals surface area contributed by atoms with Crippen LogP contribution in [0.5, 0.6) is 0 Å². The predicted molar refractivity (Wildman–Crippen MR) is 52.4 cm³/mol. The molecule has 0 radical (unpaired) electrons. The quantitative estimate of drug-likeness (QED) is 0.500. The third-order valence-electron chi connectivity index (χ3n) is 2.56. The van der Waals surface area contributed by atoms with Gasteiger partial charge in [0.05, 0.1) is 0 Å². The molecule has 0 fully saturated rings. The van der Waals surface area contributed by atoms with Crippen molar-refractivity contribution < 1.29 is 29.6 Å². The van der Waals surface area contributed by atoms with Crippen molar-refractivity contribution in [2.45, 2.75) is 59.0 Å². The number of hydrogen-bond donors (Lipinski definition) is 0. The van der Waals surface area contributed by atoms with Crippen LogP contribution in [0.15, 0.2) is 0 Å². The van der Waals surface area contributed by atoms with Gasteiger partial charge in [0, 0.05) is 0 Å². The van der Waals surface area contributed by atoms with Gasteiger partial charge >= 0.3 is 29.6 Å². The SMILES string of the molecule is CCC[BH-](CCC)CCC.[Na+]. The van der Waals surface area contributed by atoms with Crippen LogP contribution in [0.25, 0.3) is 0 Å². The minimum atomic E-state index is 0. The van der Waals surface area contributed by atoms with Crippen LogP contribution in [0.4, 0.5) is 0 Å². The normalized spacial score (nSPS) is 9.82. The van der Waals surface area contributed by atoms with Crippen molar-refractivity contribution >= 4 is 6.71 Å². The van der Waals surface area contributed by atoms with Crippen LogP contribution in [0.3, 0.4) is 0 Å². The Morgan fingerprint density at radius 2 is 1.00 bits per heavy atom. The summed E-state index contributed by atoms with van der Waals surface area (Å²) >= 11 is 0. The maximum Gasteiger partial charge on any atom is 1.00 e. The minimum Gasteiger partial charge on any atom is -0.181 e. The molecule has 0 nitrogen and oxygen atoms in total. The van der Waals surface area contributed by atoms with Crippen molar-refractivity contribution in [2.24, 2.45) is 0 Å². The molecule has 0 aliphatic carbocycles. The van der Waals surface area contributed by atoms with Crippen LogP contribution in [-0.4, -0.2) is 6.71 Å². The van der Waals surface area contributed by atoms with E-state index in [2.05, 4.69) is 20.8 Å². The van der Waals surface area contributed by atoms with E-state index in [0.717, 1.165) is 0 Å². The molecule has 0 saturated carbocycles. The van der Waals surface area contributed by atoms with Gasteiger partial charge in [-0.2, -0.15) is 19.0 Å². The first-order valence-electron chi connectivity index (χ1n) is 5.12. The topological polar surface area (TPSA) is 0 Å². The first-order chi connectivity index (χ1) is 4.85. The first kappa shape index (κ1) is 14.6. The van der Waals surface area contributed by atoms with Gasteiger partial charge in [0.25, 0.3) is 0 Å². The second-order valence-corrected chi connectivity index (χ2v) is 3.62. The van der Waals surface area contributed by atoms with Crippen molar-refractivity contribution in [2.75, 3.05) is 0 Å². The van der Waals surface area contributed by atoms with Crippen LogP contribution in [-0.2, 0) is 0 Å². The molecule has 0 spiro atoms. The molecule has 0 unspecified atom stereocenters. The Morgan fingerprint density at radius 1 is 0.727 bits per heavy atom. The molecular weight excluding hydrogens is 142 g/mol. The zero-order valence-electron chi connectivity index (χ0n) is 8.95. The summed E-state index contributed by atoms with van der Waals surface area (Å²) in [6.07, 6.45) is 8.80. The van der Waals surface area contributed by atoms with Crippen molar-refractivity contribution in [1.29, 1.82) is 0 Å². The molecule has 0 heterocycles. The molecule has 0 amide bonds. The fourth-order valence-corrected chi connectivity index (χ4v) is 2.03. The number of rotatable bonds is 6. The molecule has 0 aliphatic rings. The summed E-state index contributed by atoms with van der Waals surface area (Å²) in [6.45, 7) is 7.20. The van der Waals surface area contributed by atoms with Crippen LogP contribution < -0.4 is 29.6 Å². The van der Waals surface area contributed by atoms with E-state index < -0.39 is 0 Å². The fourth-order valence-electron chi connectivity index (χ4n) is 2.03.